The summed E-state index contributed by atoms with van der Waals surface area (Å²) in [6.45, 7) is 5.54. The molecule has 0 aromatic heterocycles. The van der Waals surface area contributed by atoms with Crippen LogP contribution in [0.3, 0.4) is 0 Å². The Kier molecular flexibility index (Phi) is 4.97. The van der Waals surface area contributed by atoms with Crippen molar-refractivity contribution in [3.8, 4) is 0 Å². The van der Waals surface area contributed by atoms with Crippen LogP contribution in [-0.2, 0) is 20.8 Å². The summed E-state index contributed by atoms with van der Waals surface area (Å²) in [5.41, 5.74) is 1.30. The topological polar surface area (TPSA) is 42.0 Å². The molecule has 2 saturated heterocycles. The maximum atomic E-state index is 12.7. The van der Waals surface area contributed by atoms with Crippen LogP contribution in [0.1, 0.15) is 5.56 Å². The van der Waals surface area contributed by atoms with Gasteiger partial charge in [-0.25, -0.2) is 0 Å². The van der Waals surface area contributed by atoms with Gasteiger partial charge in [-0.1, -0.05) is 42.5 Å². The summed E-state index contributed by atoms with van der Waals surface area (Å²) < 4.78 is 11.1. The molecule has 2 aliphatic rings. The van der Waals surface area contributed by atoms with Gasteiger partial charge in [-0.15, -0.1) is 0 Å². The Bertz CT molecular complexity index is 737. The molecule has 2 aromatic carbocycles. The SMILES string of the molecule is O=C(C1CN(Cc2cccc3ccccc23)CCO1)N1CCOCC1. The fraction of sp³-hybridized carbons (Fsp3) is 0.450. The summed E-state index contributed by atoms with van der Waals surface area (Å²) in [5, 5.41) is 2.54. The summed E-state index contributed by atoms with van der Waals surface area (Å²) in [6.07, 6.45) is -0.359. The van der Waals surface area contributed by atoms with Gasteiger partial charge in [0.25, 0.3) is 5.91 Å². The second kappa shape index (κ2) is 7.52. The average Bonchev–Trinajstić information content (AvgIpc) is 2.69. The van der Waals surface area contributed by atoms with Crippen LogP contribution in [0.4, 0.5) is 0 Å². The first kappa shape index (κ1) is 16.5. The van der Waals surface area contributed by atoms with E-state index in [4.69, 9.17) is 9.47 Å². The van der Waals surface area contributed by atoms with Gasteiger partial charge in [0.1, 0.15) is 6.10 Å². The predicted octanol–water partition coefficient (Wildman–Crippen LogP) is 1.90. The van der Waals surface area contributed by atoms with E-state index < -0.39 is 0 Å². The molecule has 5 nitrogen and oxygen atoms in total. The van der Waals surface area contributed by atoms with Crippen LogP contribution in [-0.4, -0.2) is 67.8 Å². The van der Waals surface area contributed by atoms with Gasteiger partial charge in [0.15, 0.2) is 0 Å². The molecular formula is C20H24N2O3. The van der Waals surface area contributed by atoms with Crippen LogP contribution in [0.25, 0.3) is 10.8 Å². The lowest BCUT2D eigenvalue weighted by atomic mass is 10.0. The molecule has 132 valence electrons. The van der Waals surface area contributed by atoms with Gasteiger partial charge in [-0.05, 0) is 16.3 Å². The molecule has 0 saturated carbocycles. The van der Waals surface area contributed by atoms with E-state index >= 15 is 0 Å². The van der Waals surface area contributed by atoms with Crippen molar-refractivity contribution in [3.05, 3.63) is 48.0 Å². The average molecular weight is 340 g/mol. The Morgan fingerprint density at radius 1 is 1.00 bits per heavy atom. The summed E-state index contributed by atoms with van der Waals surface area (Å²) in [4.78, 5) is 16.9. The smallest absolute Gasteiger partial charge is 0.253 e. The highest BCUT2D eigenvalue weighted by molar-refractivity contribution is 5.85. The minimum Gasteiger partial charge on any atom is -0.378 e. The third-order valence-corrected chi connectivity index (χ3v) is 5.02. The first-order valence-corrected chi connectivity index (χ1v) is 8.98. The van der Waals surface area contributed by atoms with Crippen LogP contribution in [0, 0.1) is 0 Å². The fourth-order valence-electron chi connectivity index (χ4n) is 3.65. The maximum absolute atomic E-state index is 12.7. The molecular weight excluding hydrogens is 316 g/mol. The molecule has 2 heterocycles. The van der Waals surface area contributed by atoms with Crippen LogP contribution in [0.15, 0.2) is 42.5 Å². The lowest BCUT2D eigenvalue weighted by Gasteiger charge is -2.36. The lowest BCUT2D eigenvalue weighted by molar-refractivity contribution is -0.153. The number of fused-ring (bicyclic) bond motifs is 1. The summed E-state index contributed by atoms with van der Waals surface area (Å²) in [7, 11) is 0. The highest BCUT2D eigenvalue weighted by Crippen LogP contribution is 2.21. The first-order valence-electron chi connectivity index (χ1n) is 8.98. The van der Waals surface area contributed by atoms with Crippen molar-refractivity contribution in [2.75, 3.05) is 46.0 Å². The number of morpholine rings is 2. The van der Waals surface area contributed by atoms with Crippen molar-refractivity contribution < 1.29 is 14.3 Å². The van der Waals surface area contributed by atoms with Crippen molar-refractivity contribution in [1.29, 1.82) is 0 Å². The molecule has 2 aromatic rings. The van der Waals surface area contributed by atoms with E-state index in [1.54, 1.807) is 0 Å². The van der Waals surface area contributed by atoms with Crippen molar-refractivity contribution in [1.82, 2.24) is 9.80 Å². The van der Waals surface area contributed by atoms with Crippen molar-refractivity contribution in [2.24, 2.45) is 0 Å². The minimum atomic E-state index is -0.359. The maximum Gasteiger partial charge on any atom is 0.253 e. The van der Waals surface area contributed by atoms with E-state index in [0.717, 1.165) is 13.1 Å². The van der Waals surface area contributed by atoms with Crippen molar-refractivity contribution >= 4 is 16.7 Å². The highest BCUT2D eigenvalue weighted by atomic mass is 16.5. The molecule has 0 bridgehead atoms. The van der Waals surface area contributed by atoms with E-state index in [-0.39, 0.29) is 12.0 Å². The first-order chi connectivity index (χ1) is 12.3. The van der Waals surface area contributed by atoms with E-state index in [0.29, 0.717) is 39.5 Å². The molecule has 1 unspecified atom stereocenters. The number of amides is 1. The molecule has 1 amide bonds. The monoisotopic (exact) mass is 340 g/mol. The third-order valence-electron chi connectivity index (χ3n) is 5.02. The van der Waals surface area contributed by atoms with Crippen LogP contribution in [0.5, 0.6) is 0 Å². The van der Waals surface area contributed by atoms with Crippen LogP contribution < -0.4 is 0 Å². The van der Waals surface area contributed by atoms with Gasteiger partial charge in [0, 0.05) is 32.7 Å². The highest BCUT2D eigenvalue weighted by Gasteiger charge is 2.31. The van der Waals surface area contributed by atoms with Gasteiger partial charge >= 0.3 is 0 Å². The molecule has 0 N–H and O–H groups in total. The summed E-state index contributed by atoms with van der Waals surface area (Å²) in [5.74, 6) is 0.103. The molecule has 0 aliphatic carbocycles. The number of hydrogen-bond acceptors (Lipinski definition) is 4. The van der Waals surface area contributed by atoms with Crippen molar-refractivity contribution in [3.63, 3.8) is 0 Å². The lowest BCUT2D eigenvalue weighted by Crippen LogP contribution is -2.53. The van der Waals surface area contributed by atoms with E-state index in [1.807, 2.05) is 4.90 Å². The zero-order valence-electron chi connectivity index (χ0n) is 14.4. The second-order valence-electron chi connectivity index (χ2n) is 6.67. The van der Waals surface area contributed by atoms with Gasteiger partial charge in [-0.3, -0.25) is 9.69 Å². The van der Waals surface area contributed by atoms with Crippen LogP contribution >= 0.6 is 0 Å². The van der Waals surface area contributed by atoms with Gasteiger partial charge < -0.3 is 14.4 Å². The Morgan fingerprint density at radius 3 is 2.68 bits per heavy atom. The number of rotatable bonds is 3. The quantitative estimate of drug-likeness (QED) is 0.856. The van der Waals surface area contributed by atoms with Crippen molar-refractivity contribution in [2.45, 2.75) is 12.6 Å². The van der Waals surface area contributed by atoms with E-state index in [1.165, 1.54) is 16.3 Å². The molecule has 2 aliphatic heterocycles. The zero-order chi connectivity index (χ0) is 17.1. The van der Waals surface area contributed by atoms with Gasteiger partial charge in [0.2, 0.25) is 0 Å². The molecule has 0 spiro atoms. The standard InChI is InChI=1S/C20H24N2O3/c23-20(22-9-11-24-12-10-22)19-15-21(8-13-25-19)14-17-6-3-5-16-4-1-2-7-18(16)17/h1-7,19H,8-15H2. The molecule has 25 heavy (non-hydrogen) atoms. The molecule has 4 rings (SSSR count). The minimum absolute atomic E-state index is 0.103. The normalized spacial score (nSPS) is 22.2. The second-order valence-corrected chi connectivity index (χ2v) is 6.67. The third kappa shape index (κ3) is 3.68. The van der Waals surface area contributed by atoms with Crippen LogP contribution in [0.2, 0.25) is 0 Å². The Labute approximate surface area is 148 Å². The molecule has 2 fully saturated rings. The summed E-state index contributed by atoms with van der Waals surface area (Å²) in [6, 6.07) is 14.9. The Hall–Kier alpha value is -1.95. The molecule has 1 atom stereocenters. The largest absolute Gasteiger partial charge is 0.378 e. The fourth-order valence-corrected chi connectivity index (χ4v) is 3.65. The zero-order valence-corrected chi connectivity index (χ0v) is 14.4. The number of benzene rings is 2. The van der Waals surface area contributed by atoms with E-state index in [2.05, 4.69) is 47.4 Å². The number of nitrogens with zero attached hydrogens (tertiary/aromatic N) is 2. The number of carbonyl (C=O) groups is 1. The van der Waals surface area contributed by atoms with E-state index in [9.17, 15) is 4.79 Å². The predicted molar refractivity (Wildman–Crippen MR) is 96.4 cm³/mol. The summed E-state index contributed by atoms with van der Waals surface area (Å²) >= 11 is 0. The molecule has 5 heteroatoms. The number of carbonyl (C=O) groups excluding carboxylic acids is 1. The molecule has 0 radical (unpaired) electrons. The van der Waals surface area contributed by atoms with Gasteiger partial charge in [-0.2, -0.15) is 0 Å². The Balaban J connectivity index is 1.45. The Morgan fingerprint density at radius 2 is 1.80 bits per heavy atom. The van der Waals surface area contributed by atoms with Gasteiger partial charge in [0.05, 0.1) is 19.8 Å². The number of ether oxygens (including phenoxy) is 2. The number of hydrogen-bond donors (Lipinski definition) is 0.